The fourth-order valence-electron chi connectivity index (χ4n) is 1.60. The first-order valence-corrected chi connectivity index (χ1v) is 5.45. The number of carboxylic acids is 1. The molecule has 0 aliphatic heterocycles. The van der Waals surface area contributed by atoms with Crippen LogP contribution < -0.4 is 10.4 Å². The maximum atomic E-state index is 10.6. The van der Waals surface area contributed by atoms with Gasteiger partial charge in [0.15, 0.2) is 0 Å². The number of anilines is 2. The van der Waals surface area contributed by atoms with Gasteiger partial charge in [0.25, 0.3) is 0 Å². The zero-order valence-electron chi connectivity index (χ0n) is 10.1. The van der Waals surface area contributed by atoms with Crippen molar-refractivity contribution in [3.8, 4) is 0 Å². The molecule has 0 radical (unpaired) electrons. The fourth-order valence-corrected chi connectivity index (χ4v) is 1.60. The minimum Gasteiger partial charge on any atom is -0.545 e. The second-order valence-corrected chi connectivity index (χ2v) is 3.96. The van der Waals surface area contributed by atoms with E-state index in [9.17, 15) is 9.90 Å². The Hall–Kier alpha value is -2.43. The first-order chi connectivity index (χ1) is 8.54. The molecule has 0 aliphatic carbocycles. The van der Waals surface area contributed by atoms with E-state index in [4.69, 9.17) is 0 Å². The second kappa shape index (κ2) is 4.83. The number of hydrogen-bond donors (Lipinski definition) is 1. The van der Waals surface area contributed by atoms with E-state index in [2.05, 4.69) is 15.3 Å². The molecule has 2 aromatic rings. The predicted octanol–water partition coefficient (Wildman–Crippen LogP) is 1.20. The predicted molar refractivity (Wildman–Crippen MR) is 65.6 cm³/mol. The highest BCUT2D eigenvalue weighted by Crippen LogP contribution is 2.14. The van der Waals surface area contributed by atoms with Crippen molar-refractivity contribution in [1.29, 1.82) is 0 Å². The molecule has 0 bridgehead atoms. The molecule has 0 atom stereocenters. The number of nitrogens with zero attached hydrogens (tertiary/aromatic N) is 2. The van der Waals surface area contributed by atoms with Crippen LogP contribution in [0, 0.1) is 13.8 Å². The Balaban J connectivity index is 2.20. The van der Waals surface area contributed by atoms with Gasteiger partial charge in [-0.15, -0.1) is 0 Å². The van der Waals surface area contributed by atoms with E-state index in [-0.39, 0.29) is 5.56 Å². The van der Waals surface area contributed by atoms with Crippen molar-refractivity contribution in [3.63, 3.8) is 0 Å². The summed E-state index contributed by atoms with van der Waals surface area (Å²) in [5.41, 5.74) is 2.61. The van der Waals surface area contributed by atoms with Crippen LogP contribution in [-0.2, 0) is 0 Å². The maximum absolute atomic E-state index is 10.6. The molecule has 1 aromatic heterocycles. The number of aryl methyl sites for hydroxylation is 2. The lowest BCUT2D eigenvalue weighted by molar-refractivity contribution is -0.255. The molecule has 0 spiro atoms. The standard InChI is InChI=1S/C13H13N3O2/c1-8-7-9(2)15-13(14-8)16-11-5-3-10(4-6-11)12(17)18/h3-7H,1-2H3,(H,17,18)(H,14,15,16)/p-1. The molecule has 0 saturated carbocycles. The van der Waals surface area contributed by atoms with Gasteiger partial charge in [0, 0.05) is 17.1 Å². The van der Waals surface area contributed by atoms with E-state index in [0.29, 0.717) is 5.95 Å². The van der Waals surface area contributed by atoms with Crippen LogP contribution >= 0.6 is 0 Å². The van der Waals surface area contributed by atoms with Gasteiger partial charge in [0.05, 0.1) is 5.97 Å². The van der Waals surface area contributed by atoms with Crippen molar-refractivity contribution in [2.24, 2.45) is 0 Å². The Labute approximate surface area is 105 Å². The summed E-state index contributed by atoms with van der Waals surface area (Å²) in [6, 6.07) is 8.11. The third-order valence-corrected chi connectivity index (χ3v) is 2.36. The Morgan fingerprint density at radius 1 is 1.11 bits per heavy atom. The summed E-state index contributed by atoms with van der Waals surface area (Å²) in [7, 11) is 0. The van der Waals surface area contributed by atoms with E-state index in [1.807, 2.05) is 19.9 Å². The van der Waals surface area contributed by atoms with Gasteiger partial charge in [-0.3, -0.25) is 0 Å². The third-order valence-electron chi connectivity index (χ3n) is 2.36. The minimum absolute atomic E-state index is 0.141. The van der Waals surface area contributed by atoms with Crippen molar-refractivity contribution in [1.82, 2.24) is 9.97 Å². The normalized spacial score (nSPS) is 10.1. The highest BCUT2D eigenvalue weighted by Gasteiger charge is 2.00. The second-order valence-electron chi connectivity index (χ2n) is 3.96. The van der Waals surface area contributed by atoms with Crippen molar-refractivity contribution < 1.29 is 9.90 Å². The molecular weight excluding hydrogens is 230 g/mol. The number of benzene rings is 1. The largest absolute Gasteiger partial charge is 0.545 e. The van der Waals surface area contributed by atoms with Gasteiger partial charge in [0.1, 0.15) is 0 Å². The minimum atomic E-state index is -1.19. The summed E-state index contributed by atoms with van der Waals surface area (Å²) >= 11 is 0. The molecule has 2 rings (SSSR count). The monoisotopic (exact) mass is 242 g/mol. The van der Waals surface area contributed by atoms with E-state index in [1.165, 1.54) is 12.1 Å². The number of carboxylic acid groups (broad SMARTS) is 1. The summed E-state index contributed by atoms with van der Waals surface area (Å²) in [6.07, 6.45) is 0. The number of aromatic nitrogens is 2. The van der Waals surface area contributed by atoms with Gasteiger partial charge < -0.3 is 15.2 Å². The van der Waals surface area contributed by atoms with Crippen molar-refractivity contribution in [2.75, 3.05) is 5.32 Å². The first kappa shape index (κ1) is 12.0. The molecule has 92 valence electrons. The number of rotatable bonds is 3. The number of hydrogen-bond acceptors (Lipinski definition) is 5. The Kier molecular flexibility index (Phi) is 3.23. The van der Waals surface area contributed by atoms with E-state index >= 15 is 0 Å². The zero-order valence-corrected chi connectivity index (χ0v) is 10.1. The van der Waals surface area contributed by atoms with Gasteiger partial charge in [-0.2, -0.15) is 0 Å². The van der Waals surface area contributed by atoms with Gasteiger partial charge in [0.2, 0.25) is 5.95 Å². The zero-order chi connectivity index (χ0) is 13.1. The maximum Gasteiger partial charge on any atom is 0.227 e. The van der Waals surface area contributed by atoms with Crippen molar-refractivity contribution in [2.45, 2.75) is 13.8 Å². The third kappa shape index (κ3) is 2.82. The number of carbonyl (C=O) groups excluding carboxylic acids is 1. The van der Waals surface area contributed by atoms with Crippen LogP contribution in [0.3, 0.4) is 0 Å². The highest BCUT2D eigenvalue weighted by atomic mass is 16.4. The summed E-state index contributed by atoms with van der Waals surface area (Å²) in [5, 5.41) is 13.6. The summed E-state index contributed by atoms with van der Waals surface area (Å²) in [5.74, 6) is -0.696. The van der Waals surface area contributed by atoms with Gasteiger partial charge in [-0.05, 0) is 37.6 Å². The lowest BCUT2D eigenvalue weighted by Gasteiger charge is -2.08. The van der Waals surface area contributed by atoms with E-state index < -0.39 is 5.97 Å². The Morgan fingerprint density at radius 3 is 2.17 bits per heavy atom. The fraction of sp³-hybridized carbons (Fsp3) is 0.154. The number of aromatic carboxylic acids is 1. The molecule has 18 heavy (non-hydrogen) atoms. The van der Waals surface area contributed by atoms with Crippen LogP contribution in [0.4, 0.5) is 11.6 Å². The topological polar surface area (TPSA) is 77.9 Å². The van der Waals surface area contributed by atoms with Gasteiger partial charge in [-0.25, -0.2) is 9.97 Å². The van der Waals surface area contributed by atoms with E-state index in [0.717, 1.165) is 17.1 Å². The summed E-state index contributed by atoms with van der Waals surface area (Å²) in [4.78, 5) is 19.1. The quantitative estimate of drug-likeness (QED) is 0.875. The van der Waals surface area contributed by atoms with Gasteiger partial charge in [-0.1, -0.05) is 12.1 Å². The Morgan fingerprint density at radius 2 is 1.67 bits per heavy atom. The number of carbonyl (C=O) groups is 1. The summed E-state index contributed by atoms with van der Waals surface area (Å²) < 4.78 is 0. The average Bonchev–Trinajstić information content (AvgIpc) is 2.28. The molecule has 5 nitrogen and oxygen atoms in total. The molecule has 1 N–H and O–H groups in total. The Bertz CT molecular complexity index is 559. The average molecular weight is 242 g/mol. The molecular formula is C13H12N3O2-. The van der Waals surface area contributed by atoms with Crippen molar-refractivity contribution >= 4 is 17.6 Å². The highest BCUT2D eigenvalue weighted by molar-refractivity contribution is 5.86. The van der Waals surface area contributed by atoms with Crippen LogP contribution in [0.15, 0.2) is 30.3 Å². The molecule has 0 aliphatic rings. The van der Waals surface area contributed by atoms with E-state index in [1.54, 1.807) is 12.1 Å². The molecule has 1 heterocycles. The smallest absolute Gasteiger partial charge is 0.227 e. The lowest BCUT2D eigenvalue weighted by atomic mass is 10.2. The number of nitrogens with one attached hydrogen (secondary N) is 1. The van der Waals surface area contributed by atoms with Crippen LogP contribution in [0.1, 0.15) is 21.7 Å². The van der Waals surface area contributed by atoms with Crippen LogP contribution in [0.5, 0.6) is 0 Å². The van der Waals surface area contributed by atoms with Crippen LogP contribution in [0.2, 0.25) is 0 Å². The van der Waals surface area contributed by atoms with Crippen LogP contribution in [-0.4, -0.2) is 15.9 Å². The van der Waals surface area contributed by atoms with Crippen molar-refractivity contribution in [3.05, 3.63) is 47.3 Å². The molecule has 1 aromatic carbocycles. The molecule has 0 amide bonds. The SMILES string of the molecule is Cc1cc(C)nc(Nc2ccc(C(=O)[O-])cc2)n1. The molecule has 0 unspecified atom stereocenters. The van der Waals surface area contributed by atoms with Gasteiger partial charge >= 0.3 is 0 Å². The first-order valence-electron chi connectivity index (χ1n) is 5.45. The molecule has 0 fully saturated rings. The summed E-state index contributed by atoms with van der Waals surface area (Å²) in [6.45, 7) is 3.78. The molecule has 0 saturated heterocycles. The lowest BCUT2D eigenvalue weighted by Crippen LogP contribution is -2.21. The molecule has 5 heteroatoms. The van der Waals surface area contributed by atoms with Crippen LogP contribution in [0.25, 0.3) is 0 Å².